The predicted molar refractivity (Wildman–Crippen MR) is 135 cm³/mol. The van der Waals surface area contributed by atoms with E-state index in [1.54, 1.807) is 25.2 Å². The van der Waals surface area contributed by atoms with Crippen molar-refractivity contribution < 1.29 is 32.3 Å². The first-order valence-electron chi connectivity index (χ1n) is 12.4. The van der Waals surface area contributed by atoms with Gasteiger partial charge in [0.1, 0.15) is 0 Å². The minimum atomic E-state index is -4.50. The Labute approximate surface area is 218 Å². The molecule has 2 heterocycles. The van der Waals surface area contributed by atoms with Crippen LogP contribution in [0.3, 0.4) is 0 Å². The Hall–Kier alpha value is -3.73. The highest BCUT2D eigenvalue weighted by Gasteiger charge is 2.36. The first-order chi connectivity index (χ1) is 18.1. The molecule has 2 aromatic rings. The zero-order valence-corrected chi connectivity index (χ0v) is 20.9. The van der Waals surface area contributed by atoms with Crippen LogP contribution in [0.2, 0.25) is 0 Å². The zero-order chi connectivity index (χ0) is 27.3. The normalized spacial score (nSPS) is 18.8. The minimum absolute atomic E-state index is 0.307. The number of carbonyl (C=O) groups is 3. The third-order valence-electron chi connectivity index (χ3n) is 6.60. The number of hydrogen-bond donors (Lipinski definition) is 1. The molecule has 0 unspecified atom stereocenters. The van der Waals surface area contributed by atoms with E-state index in [0.29, 0.717) is 48.8 Å². The van der Waals surface area contributed by atoms with Crippen molar-refractivity contribution in [2.75, 3.05) is 38.3 Å². The van der Waals surface area contributed by atoms with Gasteiger partial charge in [0.2, 0.25) is 18.0 Å². The number of benzene rings is 2. The summed E-state index contributed by atoms with van der Waals surface area (Å²) in [5.41, 5.74) is 2.41. The van der Waals surface area contributed by atoms with Crippen LogP contribution in [0.15, 0.2) is 59.6 Å². The first-order valence-corrected chi connectivity index (χ1v) is 12.4. The van der Waals surface area contributed by atoms with Crippen LogP contribution >= 0.6 is 0 Å². The van der Waals surface area contributed by atoms with Crippen LogP contribution in [-0.2, 0) is 19.1 Å². The van der Waals surface area contributed by atoms with Crippen molar-refractivity contribution in [1.29, 1.82) is 0 Å². The van der Waals surface area contributed by atoms with E-state index in [9.17, 15) is 27.6 Å². The van der Waals surface area contributed by atoms with Crippen LogP contribution < -0.4 is 10.2 Å². The van der Waals surface area contributed by atoms with Gasteiger partial charge in [-0.25, -0.2) is 4.99 Å². The summed E-state index contributed by atoms with van der Waals surface area (Å²) in [5.74, 6) is -3.09. The van der Waals surface area contributed by atoms with Crippen molar-refractivity contribution in [2.24, 2.45) is 10.9 Å². The molecule has 1 fully saturated rings. The van der Waals surface area contributed by atoms with Gasteiger partial charge in [-0.1, -0.05) is 48.5 Å². The Bertz CT molecular complexity index is 1200. The summed E-state index contributed by atoms with van der Waals surface area (Å²) in [6, 6.07) is 16.2. The number of carbonyl (C=O) groups excluding carboxylic acids is 3. The number of aliphatic imine (C=N–C) groups is 1. The number of alkyl halides is 3. The van der Waals surface area contributed by atoms with Gasteiger partial charge in [0.05, 0.1) is 24.6 Å². The second kappa shape index (κ2) is 11.8. The number of likely N-dealkylation sites (N-methyl/N-ethyl adjacent to an activating group) is 1. The van der Waals surface area contributed by atoms with Gasteiger partial charge in [-0.3, -0.25) is 14.4 Å². The van der Waals surface area contributed by atoms with Gasteiger partial charge in [0, 0.05) is 50.0 Å². The summed E-state index contributed by atoms with van der Waals surface area (Å²) in [4.78, 5) is 46.9. The standard InChI is InChI=1S/C27H29F3N4O4/c1-33-21-10-6-5-9-20(21)23(18-7-3-2-4-8-18)31-24(26(33)37)32-25(36)19(11-12-27(28,29)30)17-22(35)34-13-15-38-16-14-34/h2-10,19,24H,11-17H2,1H3,(H,32,36)/t19-,24-/m1/s1. The van der Waals surface area contributed by atoms with Crippen molar-refractivity contribution in [1.82, 2.24) is 10.2 Å². The number of para-hydroxylation sites is 1. The molecule has 0 radical (unpaired) electrons. The lowest BCUT2D eigenvalue weighted by Gasteiger charge is -2.29. The number of nitrogens with zero attached hydrogens (tertiary/aromatic N) is 3. The molecule has 38 heavy (non-hydrogen) atoms. The molecule has 1 saturated heterocycles. The van der Waals surface area contributed by atoms with Gasteiger partial charge < -0.3 is 19.9 Å². The SMILES string of the molecule is CN1C(=O)[C@@H](NC(=O)[C@H](CCC(F)(F)F)CC(=O)N2CCOCC2)N=C(c2ccccc2)c2ccccc21. The van der Waals surface area contributed by atoms with E-state index < -0.39 is 55.2 Å². The van der Waals surface area contributed by atoms with Crippen molar-refractivity contribution in [3.05, 3.63) is 65.7 Å². The van der Waals surface area contributed by atoms with Crippen molar-refractivity contribution in [3.63, 3.8) is 0 Å². The van der Waals surface area contributed by atoms with Crippen molar-refractivity contribution >= 4 is 29.1 Å². The van der Waals surface area contributed by atoms with Crippen LogP contribution in [0, 0.1) is 5.92 Å². The van der Waals surface area contributed by atoms with E-state index in [4.69, 9.17) is 4.74 Å². The molecule has 4 rings (SSSR count). The molecule has 3 amide bonds. The van der Waals surface area contributed by atoms with E-state index in [0.717, 1.165) is 0 Å². The average molecular weight is 531 g/mol. The number of rotatable bonds is 7. The van der Waals surface area contributed by atoms with Crippen molar-refractivity contribution in [2.45, 2.75) is 31.6 Å². The molecule has 1 N–H and O–H groups in total. The van der Waals surface area contributed by atoms with Gasteiger partial charge in [0.25, 0.3) is 5.91 Å². The Morgan fingerprint density at radius 2 is 1.74 bits per heavy atom. The quantitative estimate of drug-likeness (QED) is 0.596. The fraction of sp³-hybridized carbons (Fsp3) is 0.407. The number of amides is 3. The van der Waals surface area contributed by atoms with E-state index in [1.165, 1.54) is 9.80 Å². The summed E-state index contributed by atoms with van der Waals surface area (Å²) in [7, 11) is 1.55. The molecule has 0 saturated carbocycles. The number of ether oxygens (including phenoxy) is 1. The second-order valence-corrected chi connectivity index (χ2v) is 9.22. The van der Waals surface area contributed by atoms with Crippen LogP contribution in [0.5, 0.6) is 0 Å². The predicted octanol–water partition coefficient (Wildman–Crippen LogP) is 3.15. The third kappa shape index (κ3) is 6.58. The van der Waals surface area contributed by atoms with Crippen LogP contribution in [0.25, 0.3) is 0 Å². The molecule has 2 aliphatic heterocycles. The summed E-state index contributed by atoms with van der Waals surface area (Å²) in [5, 5.41) is 2.54. The number of nitrogens with one attached hydrogen (secondary N) is 1. The second-order valence-electron chi connectivity index (χ2n) is 9.22. The van der Waals surface area contributed by atoms with Crippen LogP contribution in [0.1, 0.15) is 30.4 Å². The molecule has 8 nitrogen and oxygen atoms in total. The lowest BCUT2D eigenvalue weighted by molar-refractivity contribution is -0.147. The number of halogens is 3. The number of fused-ring (bicyclic) bond motifs is 1. The molecular weight excluding hydrogens is 501 g/mol. The zero-order valence-electron chi connectivity index (χ0n) is 20.9. The van der Waals surface area contributed by atoms with Crippen molar-refractivity contribution in [3.8, 4) is 0 Å². The lowest BCUT2D eigenvalue weighted by atomic mass is 9.97. The number of hydrogen-bond acceptors (Lipinski definition) is 5. The summed E-state index contributed by atoms with van der Waals surface area (Å²) >= 11 is 0. The minimum Gasteiger partial charge on any atom is -0.378 e. The highest BCUT2D eigenvalue weighted by molar-refractivity contribution is 6.20. The molecule has 0 aromatic heterocycles. The van der Waals surface area contributed by atoms with Gasteiger partial charge >= 0.3 is 6.18 Å². The fourth-order valence-electron chi connectivity index (χ4n) is 4.51. The Kier molecular flexibility index (Phi) is 8.45. The largest absolute Gasteiger partial charge is 0.389 e. The molecule has 11 heteroatoms. The average Bonchev–Trinajstić information content (AvgIpc) is 3.02. The third-order valence-corrected chi connectivity index (χ3v) is 6.60. The topological polar surface area (TPSA) is 91.3 Å². The summed E-state index contributed by atoms with van der Waals surface area (Å²) < 4.78 is 44.4. The van der Waals surface area contributed by atoms with Gasteiger partial charge in [-0.15, -0.1) is 0 Å². The van der Waals surface area contributed by atoms with Gasteiger partial charge in [-0.05, 0) is 12.5 Å². The number of benzodiazepines with no additional fused rings is 1. The Morgan fingerprint density at radius 3 is 2.42 bits per heavy atom. The maximum atomic E-state index is 13.4. The summed E-state index contributed by atoms with van der Waals surface area (Å²) in [6.45, 7) is 1.26. The van der Waals surface area contributed by atoms with E-state index >= 15 is 0 Å². The highest BCUT2D eigenvalue weighted by Crippen LogP contribution is 2.29. The van der Waals surface area contributed by atoms with E-state index in [1.807, 2.05) is 36.4 Å². The highest BCUT2D eigenvalue weighted by atomic mass is 19.4. The Morgan fingerprint density at radius 1 is 1.08 bits per heavy atom. The maximum absolute atomic E-state index is 13.4. The van der Waals surface area contributed by atoms with Crippen LogP contribution in [0.4, 0.5) is 18.9 Å². The summed E-state index contributed by atoms with van der Waals surface area (Å²) in [6.07, 6.45) is -8.11. The maximum Gasteiger partial charge on any atom is 0.389 e. The monoisotopic (exact) mass is 530 g/mol. The molecule has 202 valence electrons. The van der Waals surface area contributed by atoms with E-state index in [2.05, 4.69) is 10.3 Å². The molecular formula is C27H29F3N4O4. The molecule has 2 atom stereocenters. The number of anilines is 1. The van der Waals surface area contributed by atoms with E-state index in [-0.39, 0.29) is 0 Å². The molecule has 2 aromatic carbocycles. The number of morpholine rings is 1. The molecule has 2 aliphatic rings. The molecule has 0 aliphatic carbocycles. The lowest BCUT2D eigenvalue weighted by Crippen LogP contribution is -2.49. The Balaban J connectivity index is 1.62. The first kappa shape index (κ1) is 27.3. The molecule has 0 bridgehead atoms. The molecule has 0 spiro atoms. The van der Waals surface area contributed by atoms with Crippen LogP contribution in [-0.4, -0.2) is 74.0 Å². The van der Waals surface area contributed by atoms with Gasteiger partial charge in [0.15, 0.2) is 0 Å². The van der Waals surface area contributed by atoms with Gasteiger partial charge in [-0.2, -0.15) is 13.2 Å². The smallest absolute Gasteiger partial charge is 0.378 e. The fourth-order valence-corrected chi connectivity index (χ4v) is 4.51.